The Morgan fingerprint density at radius 2 is 2.36 bits per heavy atom. The van der Waals surface area contributed by atoms with Gasteiger partial charge in [-0.1, -0.05) is 0 Å². The van der Waals surface area contributed by atoms with E-state index in [4.69, 9.17) is 5.41 Å². The molecule has 0 radical (unpaired) electrons. The Hall–Kier alpha value is -1.59. The van der Waals surface area contributed by atoms with Gasteiger partial charge in [0, 0.05) is 0 Å². The van der Waals surface area contributed by atoms with E-state index in [1.807, 2.05) is 0 Å². The molecule has 0 saturated heterocycles. The molecule has 62 valence electrons. The van der Waals surface area contributed by atoms with E-state index in [-0.39, 0.29) is 12.6 Å². The quantitative estimate of drug-likeness (QED) is 0.282. The summed E-state index contributed by atoms with van der Waals surface area (Å²) in [4.78, 5) is 13.7. The molecule has 0 atom stereocenters. The van der Waals surface area contributed by atoms with Crippen LogP contribution in [0.25, 0.3) is 0 Å². The Morgan fingerprint density at radius 1 is 1.73 bits per heavy atom. The summed E-state index contributed by atoms with van der Waals surface area (Å²) >= 11 is 0. The van der Waals surface area contributed by atoms with Gasteiger partial charge in [-0.3, -0.25) is 10.8 Å². The van der Waals surface area contributed by atoms with Crippen LogP contribution >= 0.6 is 0 Å². The van der Waals surface area contributed by atoms with Crippen molar-refractivity contribution >= 4 is 18.8 Å². The summed E-state index contributed by atoms with van der Waals surface area (Å²) in [6, 6.07) is 0. The molecule has 1 amide bonds. The Morgan fingerprint density at radius 3 is 2.82 bits per heavy atom. The van der Waals surface area contributed by atoms with Gasteiger partial charge in [0.15, 0.2) is 0 Å². The van der Waals surface area contributed by atoms with Crippen LogP contribution in [-0.2, 0) is 4.74 Å². The zero-order valence-electron chi connectivity index (χ0n) is 6.18. The number of nitrogens with one attached hydrogen (secondary N) is 3. The molecule has 0 bridgehead atoms. The van der Waals surface area contributed by atoms with E-state index in [0.717, 1.165) is 0 Å². The topological polar surface area (TPSA) is 86.6 Å². The van der Waals surface area contributed by atoms with Crippen molar-refractivity contribution in [1.82, 2.24) is 10.9 Å². The number of rotatable bonds is 1. The SMILES string of the molecule is C=NC(=N)NNC(=O)OCC. The van der Waals surface area contributed by atoms with Crippen molar-refractivity contribution in [2.75, 3.05) is 6.61 Å². The number of amides is 1. The Balaban J connectivity index is 3.45. The Kier molecular flexibility index (Phi) is 4.46. The molecule has 11 heavy (non-hydrogen) atoms. The highest BCUT2D eigenvalue weighted by molar-refractivity contribution is 5.82. The number of carbonyl (C=O) groups excluding carboxylic acids is 1. The summed E-state index contributed by atoms with van der Waals surface area (Å²) in [5.41, 5.74) is 4.21. The molecule has 0 aromatic rings. The van der Waals surface area contributed by atoms with Crippen LogP contribution in [0.4, 0.5) is 4.79 Å². The summed E-state index contributed by atoms with van der Waals surface area (Å²) < 4.78 is 4.47. The fourth-order valence-electron chi connectivity index (χ4n) is 0.317. The largest absolute Gasteiger partial charge is 0.449 e. The second-order valence-corrected chi connectivity index (χ2v) is 1.48. The molecule has 0 rings (SSSR count). The molecule has 0 aromatic heterocycles. The maximum Gasteiger partial charge on any atom is 0.426 e. The third-order valence-electron chi connectivity index (χ3n) is 0.717. The average molecular weight is 158 g/mol. The number of guanidine groups is 1. The van der Waals surface area contributed by atoms with Crippen LogP contribution < -0.4 is 10.9 Å². The molecular weight excluding hydrogens is 148 g/mol. The summed E-state index contributed by atoms with van der Waals surface area (Å²) in [5.74, 6) is -0.238. The maximum absolute atomic E-state index is 10.5. The van der Waals surface area contributed by atoms with Gasteiger partial charge in [0.2, 0.25) is 5.96 Å². The number of ether oxygens (including phenoxy) is 1. The molecule has 0 aliphatic rings. The summed E-state index contributed by atoms with van der Waals surface area (Å²) in [5, 5.41) is 6.85. The standard InChI is InChI=1S/C5H10N4O2/c1-3-11-5(10)9-8-4(6)7-2/h2-3H2,1H3,(H2,6,8)(H,9,10). The van der Waals surface area contributed by atoms with Gasteiger partial charge in [-0.2, -0.15) is 0 Å². The lowest BCUT2D eigenvalue weighted by atomic mass is 10.9. The molecule has 0 unspecified atom stereocenters. The van der Waals surface area contributed by atoms with E-state index in [1.165, 1.54) is 0 Å². The number of aliphatic imine (C=N–C) groups is 1. The van der Waals surface area contributed by atoms with Crippen LogP contribution in [0, 0.1) is 5.41 Å². The third kappa shape index (κ3) is 4.89. The number of hydrazine groups is 1. The van der Waals surface area contributed by atoms with Gasteiger partial charge in [-0.15, -0.1) is 0 Å². The minimum absolute atomic E-state index is 0.238. The van der Waals surface area contributed by atoms with Gasteiger partial charge in [-0.25, -0.2) is 15.2 Å². The minimum atomic E-state index is -0.652. The van der Waals surface area contributed by atoms with Gasteiger partial charge in [-0.05, 0) is 13.6 Å². The van der Waals surface area contributed by atoms with Crippen LogP contribution in [0.1, 0.15) is 6.92 Å². The molecule has 6 nitrogen and oxygen atoms in total. The van der Waals surface area contributed by atoms with Crippen molar-refractivity contribution in [3.05, 3.63) is 0 Å². The highest BCUT2D eigenvalue weighted by Gasteiger charge is 1.97. The fourth-order valence-corrected chi connectivity index (χ4v) is 0.317. The molecule has 0 saturated carbocycles. The number of hydrogen-bond acceptors (Lipinski definition) is 3. The first kappa shape index (κ1) is 9.41. The fraction of sp³-hybridized carbons (Fsp3) is 0.400. The molecule has 0 aliphatic heterocycles. The first-order valence-corrected chi connectivity index (χ1v) is 2.94. The van der Waals surface area contributed by atoms with Crippen LogP contribution in [-0.4, -0.2) is 25.4 Å². The third-order valence-corrected chi connectivity index (χ3v) is 0.717. The second-order valence-electron chi connectivity index (χ2n) is 1.48. The second kappa shape index (κ2) is 5.21. The zero-order chi connectivity index (χ0) is 8.69. The lowest BCUT2D eigenvalue weighted by molar-refractivity contribution is 0.150. The molecular formula is C5H10N4O2. The Bertz CT molecular complexity index is 168. The van der Waals surface area contributed by atoms with Crippen molar-refractivity contribution < 1.29 is 9.53 Å². The number of carbonyl (C=O) groups is 1. The van der Waals surface area contributed by atoms with E-state index >= 15 is 0 Å². The molecule has 0 heterocycles. The van der Waals surface area contributed by atoms with Gasteiger partial charge in [0.25, 0.3) is 0 Å². The van der Waals surface area contributed by atoms with E-state index in [0.29, 0.717) is 0 Å². The van der Waals surface area contributed by atoms with Gasteiger partial charge < -0.3 is 4.74 Å². The van der Waals surface area contributed by atoms with E-state index in [2.05, 4.69) is 27.3 Å². The average Bonchev–Trinajstić information content (AvgIpc) is 2.01. The highest BCUT2D eigenvalue weighted by atomic mass is 16.5. The lowest BCUT2D eigenvalue weighted by Gasteiger charge is -2.04. The summed E-state index contributed by atoms with van der Waals surface area (Å²) in [6.07, 6.45) is -0.652. The van der Waals surface area contributed by atoms with Gasteiger partial charge in [0.1, 0.15) is 0 Å². The molecule has 0 fully saturated rings. The first-order valence-electron chi connectivity index (χ1n) is 2.94. The number of nitrogens with zero attached hydrogens (tertiary/aromatic N) is 1. The summed E-state index contributed by atoms with van der Waals surface area (Å²) in [6.45, 7) is 5.01. The van der Waals surface area contributed by atoms with Crippen molar-refractivity contribution in [3.63, 3.8) is 0 Å². The smallest absolute Gasteiger partial charge is 0.426 e. The molecule has 0 aromatic carbocycles. The minimum Gasteiger partial charge on any atom is -0.449 e. The van der Waals surface area contributed by atoms with E-state index in [1.54, 1.807) is 6.92 Å². The van der Waals surface area contributed by atoms with Crippen LogP contribution in [0.2, 0.25) is 0 Å². The molecule has 0 aliphatic carbocycles. The van der Waals surface area contributed by atoms with Gasteiger partial charge in [0.05, 0.1) is 6.61 Å². The zero-order valence-corrected chi connectivity index (χ0v) is 6.18. The first-order chi connectivity index (χ1) is 5.20. The van der Waals surface area contributed by atoms with Crippen LogP contribution in [0.5, 0.6) is 0 Å². The van der Waals surface area contributed by atoms with E-state index < -0.39 is 6.09 Å². The summed E-state index contributed by atoms with van der Waals surface area (Å²) in [7, 11) is 0. The predicted octanol–water partition coefficient (Wildman–Crippen LogP) is -0.128. The van der Waals surface area contributed by atoms with Gasteiger partial charge >= 0.3 is 6.09 Å². The van der Waals surface area contributed by atoms with Crippen LogP contribution in [0.3, 0.4) is 0 Å². The van der Waals surface area contributed by atoms with E-state index in [9.17, 15) is 4.79 Å². The van der Waals surface area contributed by atoms with Crippen LogP contribution in [0.15, 0.2) is 4.99 Å². The maximum atomic E-state index is 10.5. The number of hydrogen-bond donors (Lipinski definition) is 3. The normalized spacial score (nSPS) is 8.09. The van der Waals surface area contributed by atoms with Crippen molar-refractivity contribution in [2.24, 2.45) is 4.99 Å². The van der Waals surface area contributed by atoms with Crippen molar-refractivity contribution in [2.45, 2.75) is 6.92 Å². The predicted molar refractivity (Wildman–Crippen MR) is 40.6 cm³/mol. The molecule has 6 heteroatoms. The lowest BCUT2D eigenvalue weighted by Crippen LogP contribution is -2.40. The monoisotopic (exact) mass is 158 g/mol. The molecule has 0 spiro atoms. The highest BCUT2D eigenvalue weighted by Crippen LogP contribution is 1.72. The van der Waals surface area contributed by atoms with Crippen molar-refractivity contribution in [1.29, 1.82) is 5.41 Å². The van der Waals surface area contributed by atoms with Crippen molar-refractivity contribution in [3.8, 4) is 0 Å². The Labute approximate surface area is 64.1 Å². The molecule has 3 N–H and O–H groups in total.